The van der Waals surface area contributed by atoms with Gasteiger partial charge in [0, 0.05) is 22.7 Å². The molecule has 0 aliphatic carbocycles. The third-order valence-electron chi connectivity index (χ3n) is 3.98. The van der Waals surface area contributed by atoms with E-state index in [9.17, 15) is 19.7 Å². The second-order valence-electron chi connectivity index (χ2n) is 5.86. The van der Waals surface area contributed by atoms with E-state index in [-0.39, 0.29) is 35.7 Å². The lowest BCUT2D eigenvalue weighted by molar-refractivity contribution is -0.385. The summed E-state index contributed by atoms with van der Waals surface area (Å²) in [6, 6.07) is 12.9. The van der Waals surface area contributed by atoms with Gasteiger partial charge in [0.15, 0.2) is 5.78 Å². The lowest BCUT2D eigenvalue weighted by Crippen LogP contribution is -2.28. The number of hydrogen-bond donors (Lipinski definition) is 1. The van der Waals surface area contributed by atoms with Gasteiger partial charge in [-0.05, 0) is 30.3 Å². The van der Waals surface area contributed by atoms with Gasteiger partial charge in [0.05, 0.1) is 17.0 Å². The normalized spacial score (nSPS) is 10.5. The van der Waals surface area contributed by atoms with Gasteiger partial charge in [-0.15, -0.1) is 0 Å². The fourth-order valence-electron chi connectivity index (χ4n) is 2.58. The van der Waals surface area contributed by atoms with Gasteiger partial charge < -0.3 is 5.32 Å². The standard InChI is InChI=1S/C19H15ClN4O4/c20-14-7-5-13(6-8-14)18(25)16-3-1-2-4-17(16)19(26)21-9-10-23-12-15(11-22-23)24(27)28/h1-8,11-12H,9-10H2,(H,21,26). The predicted molar refractivity (Wildman–Crippen MR) is 103 cm³/mol. The molecular formula is C19H15ClN4O4. The molecule has 1 N–H and O–H groups in total. The summed E-state index contributed by atoms with van der Waals surface area (Å²) < 4.78 is 1.36. The minimum atomic E-state index is -0.541. The number of halogens is 1. The van der Waals surface area contributed by atoms with Crippen LogP contribution in [-0.2, 0) is 6.54 Å². The lowest BCUT2D eigenvalue weighted by atomic mass is 9.98. The van der Waals surface area contributed by atoms with Crippen LogP contribution in [0.4, 0.5) is 5.69 Å². The van der Waals surface area contributed by atoms with Crippen LogP contribution in [0.1, 0.15) is 26.3 Å². The Kier molecular flexibility index (Phi) is 5.81. The highest BCUT2D eigenvalue weighted by Crippen LogP contribution is 2.17. The first-order valence-electron chi connectivity index (χ1n) is 8.30. The third-order valence-corrected chi connectivity index (χ3v) is 4.23. The van der Waals surface area contributed by atoms with E-state index in [4.69, 9.17) is 11.6 Å². The van der Waals surface area contributed by atoms with Gasteiger partial charge in [0.25, 0.3) is 5.91 Å². The number of nitrogens with zero attached hydrogens (tertiary/aromatic N) is 3. The fourth-order valence-corrected chi connectivity index (χ4v) is 2.71. The Labute approximate surface area is 164 Å². The zero-order valence-corrected chi connectivity index (χ0v) is 15.3. The number of ketones is 1. The molecule has 142 valence electrons. The van der Waals surface area contributed by atoms with Crippen LogP contribution in [0.5, 0.6) is 0 Å². The lowest BCUT2D eigenvalue weighted by Gasteiger charge is -2.10. The van der Waals surface area contributed by atoms with Crippen molar-refractivity contribution in [3.63, 3.8) is 0 Å². The molecule has 0 saturated carbocycles. The van der Waals surface area contributed by atoms with Gasteiger partial charge in [-0.3, -0.25) is 24.4 Å². The molecule has 0 aliphatic rings. The smallest absolute Gasteiger partial charge is 0.306 e. The maximum absolute atomic E-state index is 12.7. The first-order valence-corrected chi connectivity index (χ1v) is 8.68. The molecule has 1 aromatic heterocycles. The van der Waals surface area contributed by atoms with Gasteiger partial charge in [-0.2, -0.15) is 5.10 Å². The minimum absolute atomic E-state index is 0.120. The number of nitro groups is 1. The molecule has 2 aromatic carbocycles. The van der Waals surface area contributed by atoms with Crippen molar-refractivity contribution in [1.82, 2.24) is 15.1 Å². The van der Waals surface area contributed by atoms with Gasteiger partial charge in [-0.1, -0.05) is 29.8 Å². The van der Waals surface area contributed by atoms with E-state index in [2.05, 4.69) is 10.4 Å². The first kappa shape index (κ1) is 19.2. The van der Waals surface area contributed by atoms with Crippen LogP contribution < -0.4 is 5.32 Å². The Bertz CT molecular complexity index is 1030. The molecule has 1 heterocycles. The fraction of sp³-hybridized carbons (Fsp3) is 0.105. The Morgan fingerprint density at radius 2 is 1.79 bits per heavy atom. The Morgan fingerprint density at radius 1 is 1.11 bits per heavy atom. The van der Waals surface area contributed by atoms with Crippen molar-refractivity contribution < 1.29 is 14.5 Å². The van der Waals surface area contributed by atoms with Crippen LogP contribution in [0.25, 0.3) is 0 Å². The number of carbonyl (C=O) groups excluding carboxylic acids is 2. The molecule has 28 heavy (non-hydrogen) atoms. The molecule has 0 aliphatic heterocycles. The monoisotopic (exact) mass is 398 g/mol. The molecule has 0 spiro atoms. The van der Waals surface area contributed by atoms with E-state index in [1.807, 2.05) is 0 Å². The maximum atomic E-state index is 12.7. The highest BCUT2D eigenvalue weighted by molar-refractivity contribution is 6.30. The van der Waals surface area contributed by atoms with Crippen LogP contribution >= 0.6 is 11.6 Å². The largest absolute Gasteiger partial charge is 0.350 e. The second-order valence-corrected chi connectivity index (χ2v) is 6.29. The van der Waals surface area contributed by atoms with E-state index in [1.54, 1.807) is 48.5 Å². The Morgan fingerprint density at radius 3 is 2.43 bits per heavy atom. The number of nitrogens with one attached hydrogen (secondary N) is 1. The van der Waals surface area contributed by atoms with Crippen molar-refractivity contribution in [2.24, 2.45) is 0 Å². The topological polar surface area (TPSA) is 107 Å². The van der Waals surface area contributed by atoms with Crippen LogP contribution in [0.2, 0.25) is 5.02 Å². The summed E-state index contributed by atoms with van der Waals surface area (Å²) in [5, 5.41) is 17.7. The van der Waals surface area contributed by atoms with Crippen molar-refractivity contribution in [1.29, 1.82) is 0 Å². The first-order chi connectivity index (χ1) is 13.5. The maximum Gasteiger partial charge on any atom is 0.306 e. The quantitative estimate of drug-likeness (QED) is 0.374. The Hall–Kier alpha value is -3.52. The van der Waals surface area contributed by atoms with Gasteiger partial charge in [-0.25, -0.2) is 0 Å². The average molecular weight is 399 g/mol. The molecule has 1 amide bonds. The summed E-state index contributed by atoms with van der Waals surface area (Å²) in [5.41, 5.74) is 0.824. The van der Waals surface area contributed by atoms with Gasteiger partial charge in [0.2, 0.25) is 0 Å². The van der Waals surface area contributed by atoms with Crippen molar-refractivity contribution in [2.75, 3.05) is 6.54 Å². The highest BCUT2D eigenvalue weighted by Gasteiger charge is 2.18. The molecular weight excluding hydrogens is 384 g/mol. The average Bonchev–Trinajstić information content (AvgIpc) is 3.17. The van der Waals surface area contributed by atoms with Crippen molar-refractivity contribution in [2.45, 2.75) is 6.54 Å². The van der Waals surface area contributed by atoms with Crippen LogP contribution in [0.15, 0.2) is 60.9 Å². The number of benzene rings is 2. The molecule has 0 unspecified atom stereocenters. The molecule has 0 bridgehead atoms. The zero-order valence-electron chi connectivity index (χ0n) is 14.5. The van der Waals surface area contributed by atoms with Gasteiger partial charge in [0.1, 0.15) is 12.4 Å². The number of hydrogen-bond acceptors (Lipinski definition) is 5. The predicted octanol–water partition coefficient (Wildman–Crippen LogP) is 3.11. The second kappa shape index (κ2) is 8.45. The van der Waals surface area contributed by atoms with E-state index in [1.165, 1.54) is 10.9 Å². The molecule has 3 aromatic rings. The van der Waals surface area contributed by atoms with Crippen LogP contribution in [0, 0.1) is 10.1 Å². The molecule has 0 saturated heterocycles. The van der Waals surface area contributed by atoms with Crippen LogP contribution in [0.3, 0.4) is 0 Å². The number of amides is 1. The van der Waals surface area contributed by atoms with Crippen molar-refractivity contribution in [3.8, 4) is 0 Å². The summed E-state index contributed by atoms with van der Waals surface area (Å²) in [6.45, 7) is 0.452. The molecule has 0 atom stereocenters. The zero-order chi connectivity index (χ0) is 20.1. The number of rotatable bonds is 7. The molecule has 3 rings (SSSR count). The summed E-state index contributed by atoms with van der Waals surface area (Å²) in [7, 11) is 0. The summed E-state index contributed by atoms with van der Waals surface area (Å²) >= 11 is 5.85. The van der Waals surface area contributed by atoms with Crippen LogP contribution in [-0.4, -0.2) is 32.9 Å². The van der Waals surface area contributed by atoms with E-state index in [0.29, 0.717) is 10.6 Å². The summed E-state index contributed by atoms with van der Waals surface area (Å²) in [5.74, 6) is -0.704. The molecule has 0 radical (unpaired) electrons. The SMILES string of the molecule is O=C(NCCn1cc([N+](=O)[O-])cn1)c1ccccc1C(=O)c1ccc(Cl)cc1. The number of carbonyl (C=O) groups is 2. The molecule has 9 heteroatoms. The van der Waals surface area contributed by atoms with E-state index < -0.39 is 10.8 Å². The third kappa shape index (κ3) is 4.41. The highest BCUT2D eigenvalue weighted by atomic mass is 35.5. The van der Waals surface area contributed by atoms with E-state index >= 15 is 0 Å². The van der Waals surface area contributed by atoms with Crippen molar-refractivity contribution >= 4 is 29.0 Å². The summed E-state index contributed by atoms with van der Waals surface area (Å²) in [4.78, 5) is 35.4. The molecule has 8 nitrogen and oxygen atoms in total. The van der Waals surface area contributed by atoms with Gasteiger partial charge >= 0.3 is 5.69 Å². The van der Waals surface area contributed by atoms with E-state index in [0.717, 1.165) is 6.20 Å². The molecule has 0 fully saturated rings. The minimum Gasteiger partial charge on any atom is -0.350 e. The summed E-state index contributed by atoms with van der Waals surface area (Å²) in [6.07, 6.45) is 2.42. The Balaban J connectivity index is 1.69. The van der Waals surface area contributed by atoms with Crippen molar-refractivity contribution in [3.05, 3.63) is 92.8 Å². The number of aromatic nitrogens is 2.